The van der Waals surface area contributed by atoms with Crippen molar-refractivity contribution in [1.29, 1.82) is 0 Å². The monoisotopic (exact) mass is 375 g/mol. The molecule has 2 aromatic carbocycles. The maximum absolute atomic E-state index is 12.1. The van der Waals surface area contributed by atoms with Gasteiger partial charge in [-0.3, -0.25) is 5.32 Å². The highest BCUT2D eigenvalue weighted by molar-refractivity contribution is 6.31. The number of anilines is 1. The average molecular weight is 376 g/mol. The van der Waals surface area contributed by atoms with E-state index in [1.54, 1.807) is 30.3 Å². The van der Waals surface area contributed by atoms with Gasteiger partial charge in [-0.2, -0.15) is 0 Å². The molecule has 2 aromatic rings. The van der Waals surface area contributed by atoms with Crippen LogP contribution in [0.1, 0.15) is 18.1 Å². The minimum atomic E-state index is -0.555. The number of carbonyl (C=O) groups is 1. The second-order valence-electron chi connectivity index (χ2n) is 6.37. The normalized spacial score (nSPS) is 19.8. The van der Waals surface area contributed by atoms with Crippen molar-refractivity contribution < 1.29 is 19.0 Å². The number of para-hydroxylation sites is 1. The largest absolute Gasteiger partial charge is 0.417 e. The van der Waals surface area contributed by atoms with Crippen LogP contribution in [-0.2, 0) is 15.9 Å². The summed E-state index contributed by atoms with van der Waals surface area (Å²) in [5, 5.41) is 3.34. The summed E-state index contributed by atoms with van der Waals surface area (Å²) < 4.78 is 16.4. The Labute approximate surface area is 158 Å². The Balaban J connectivity index is 1.68. The third-order valence-corrected chi connectivity index (χ3v) is 4.69. The Hall–Kier alpha value is -2.08. The van der Waals surface area contributed by atoms with Gasteiger partial charge in [-0.15, -0.1) is 0 Å². The first kappa shape index (κ1) is 18.7. The smallest absolute Gasteiger partial charge is 0.410 e. The van der Waals surface area contributed by atoms with Crippen molar-refractivity contribution in [3.8, 4) is 5.75 Å². The Kier molecular flexibility index (Phi) is 6.14. The number of hydrogen-bond donors (Lipinski definition) is 1. The Morgan fingerprint density at radius 3 is 2.62 bits per heavy atom. The molecule has 5 nitrogen and oxygen atoms in total. The zero-order valence-corrected chi connectivity index (χ0v) is 15.6. The summed E-state index contributed by atoms with van der Waals surface area (Å²) in [7, 11) is 0. The van der Waals surface area contributed by atoms with Crippen LogP contribution in [0, 0.1) is 12.8 Å². The molecule has 1 saturated heterocycles. The lowest BCUT2D eigenvalue weighted by atomic mass is 9.96. The molecule has 0 aromatic heterocycles. The number of ether oxygens (including phenoxy) is 3. The summed E-state index contributed by atoms with van der Waals surface area (Å²) >= 11 is 6.35. The minimum absolute atomic E-state index is 0.156. The van der Waals surface area contributed by atoms with Crippen molar-refractivity contribution in [2.45, 2.75) is 26.6 Å². The van der Waals surface area contributed by atoms with Crippen molar-refractivity contribution in [3.05, 3.63) is 58.6 Å². The van der Waals surface area contributed by atoms with Gasteiger partial charge in [-0.1, -0.05) is 29.8 Å². The lowest BCUT2D eigenvalue weighted by molar-refractivity contribution is -0.189. The van der Waals surface area contributed by atoms with E-state index >= 15 is 0 Å². The van der Waals surface area contributed by atoms with E-state index < -0.39 is 6.09 Å². The van der Waals surface area contributed by atoms with Gasteiger partial charge < -0.3 is 14.2 Å². The maximum atomic E-state index is 12.1. The summed E-state index contributed by atoms with van der Waals surface area (Å²) in [4.78, 5) is 12.1. The lowest BCUT2D eigenvalue weighted by Gasteiger charge is -2.27. The molecule has 1 aliphatic heterocycles. The summed E-state index contributed by atoms with van der Waals surface area (Å²) in [5.41, 5.74) is 2.65. The topological polar surface area (TPSA) is 56.8 Å². The predicted molar refractivity (Wildman–Crippen MR) is 101 cm³/mol. The Morgan fingerprint density at radius 1 is 1.23 bits per heavy atom. The van der Waals surface area contributed by atoms with E-state index in [0.717, 1.165) is 17.5 Å². The molecule has 0 atom stereocenters. The van der Waals surface area contributed by atoms with Crippen LogP contribution < -0.4 is 10.1 Å². The van der Waals surface area contributed by atoms with Crippen LogP contribution in [-0.4, -0.2) is 25.6 Å². The molecule has 6 heteroatoms. The van der Waals surface area contributed by atoms with E-state index in [1.165, 1.54) is 0 Å². The zero-order chi connectivity index (χ0) is 18.5. The van der Waals surface area contributed by atoms with Crippen molar-refractivity contribution >= 4 is 23.4 Å². The van der Waals surface area contributed by atoms with Crippen LogP contribution in [0.2, 0.25) is 5.02 Å². The number of nitrogens with one attached hydrogen (secondary N) is 1. The SMILES string of the molecule is Cc1c(Cl)cc(NC(=O)Oc2ccccc2)cc1CC1COC(C)OC1. The number of rotatable bonds is 4. The molecule has 0 aliphatic carbocycles. The molecule has 26 heavy (non-hydrogen) atoms. The van der Waals surface area contributed by atoms with E-state index in [4.69, 9.17) is 25.8 Å². The molecule has 0 radical (unpaired) electrons. The molecule has 1 amide bonds. The molecule has 3 rings (SSSR count). The highest BCUT2D eigenvalue weighted by atomic mass is 35.5. The number of carbonyl (C=O) groups excluding carboxylic acids is 1. The second-order valence-corrected chi connectivity index (χ2v) is 6.78. The van der Waals surface area contributed by atoms with E-state index in [0.29, 0.717) is 29.7 Å². The Morgan fingerprint density at radius 2 is 1.92 bits per heavy atom. The molecule has 1 aliphatic rings. The lowest BCUT2D eigenvalue weighted by Crippen LogP contribution is -2.31. The summed E-state index contributed by atoms with van der Waals surface area (Å²) in [6, 6.07) is 12.6. The van der Waals surface area contributed by atoms with Crippen molar-refractivity contribution in [1.82, 2.24) is 0 Å². The molecule has 0 spiro atoms. The van der Waals surface area contributed by atoms with Gasteiger partial charge in [0.2, 0.25) is 0 Å². The summed E-state index contributed by atoms with van der Waals surface area (Å²) in [6.07, 6.45) is 0.0542. The third-order valence-electron chi connectivity index (χ3n) is 4.29. The quantitative estimate of drug-likeness (QED) is 0.833. The fourth-order valence-electron chi connectivity index (χ4n) is 2.83. The molecular formula is C20H22ClNO4. The van der Waals surface area contributed by atoms with Crippen LogP contribution in [0.5, 0.6) is 5.75 Å². The van der Waals surface area contributed by atoms with Gasteiger partial charge in [0.1, 0.15) is 5.75 Å². The highest BCUT2D eigenvalue weighted by Crippen LogP contribution is 2.28. The van der Waals surface area contributed by atoms with Crippen LogP contribution in [0.3, 0.4) is 0 Å². The van der Waals surface area contributed by atoms with Gasteiger partial charge in [0.15, 0.2) is 6.29 Å². The van der Waals surface area contributed by atoms with E-state index in [9.17, 15) is 4.79 Å². The molecule has 0 unspecified atom stereocenters. The van der Waals surface area contributed by atoms with Gasteiger partial charge in [0.05, 0.1) is 13.2 Å². The highest BCUT2D eigenvalue weighted by Gasteiger charge is 2.21. The predicted octanol–water partition coefficient (Wildman–Crippen LogP) is 4.81. The van der Waals surface area contributed by atoms with Crippen molar-refractivity contribution in [3.63, 3.8) is 0 Å². The molecular weight excluding hydrogens is 354 g/mol. The second kappa shape index (κ2) is 8.54. The first-order valence-corrected chi connectivity index (χ1v) is 8.95. The van der Waals surface area contributed by atoms with Gasteiger partial charge in [0, 0.05) is 16.6 Å². The minimum Gasteiger partial charge on any atom is -0.410 e. The van der Waals surface area contributed by atoms with Crippen molar-refractivity contribution in [2.24, 2.45) is 5.92 Å². The first-order valence-electron chi connectivity index (χ1n) is 8.57. The number of hydrogen-bond acceptors (Lipinski definition) is 4. The molecule has 0 bridgehead atoms. The first-order chi connectivity index (χ1) is 12.5. The van der Waals surface area contributed by atoms with Gasteiger partial charge in [0.25, 0.3) is 0 Å². The fraction of sp³-hybridized carbons (Fsp3) is 0.350. The van der Waals surface area contributed by atoms with Crippen LogP contribution in [0.25, 0.3) is 0 Å². The maximum Gasteiger partial charge on any atom is 0.417 e. The Bertz CT molecular complexity index is 758. The van der Waals surface area contributed by atoms with Crippen molar-refractivity contribution in [2.75, 3.05) is 18.5 Å². The standard InChI is InChI=1S/C20H22ClNO4/c1-13-16(8-15-11-24-14(2)25-12-15)9-17(10-19(13)21)22-20(23)26-18-6-4-3-5-7-18/h3-7,9-10,14-15H,8,11-12H2,1-2H3,(H,22,23). The van der Waals surface area contributed by atoms with Gasteiger partial charge in [-0.05, 0) is 55.7 Å². The molecule has 138 valence electrons. The number of amides is 1. The summed E-state index contributed by atoms with van der Waals surface area (Å²) in [6.45, 7) is 5.15. The van der Waals surface area contributed by atoms with E-state index in [2.05, 4.69) is 5.32 Å². The molecule has 1 fully saturated rings. The van der Waals surface area contributed by atoms with Crippen LogP contribution >= 0.6 is 11.6 Å². The van der Waals surface area contributed by atoms with E-state index in [1.807, 2.05) is 26.0 Å². The number of halogens is 1. The molecule has 1 N–H and O–H groups in total. The number of benzene rings is 2. The fourth-order valence-corrected chi connectivity index (χ4v) is 3.07. The van der Waals surface area contributed by atoms with Gasteiger partial charge in [-0.25, -0.2) is 4.79 Å². The third kappa shape index (κ3) is 4.97. The van der Waals surface area contributed by atoms with Crippen LogP contribution in [0.15, 0.2) is 42.5 Å². The van der Waals surface area contributed by atoms with Crippen LogP contribution in [0.4, 0.5) is 10.5 Å². The zero-order valence-electron chi connectivity index (χ0n) is 14.8. The average Bonchev–Trinajstić information content (AvgIpc) is 2.62. The van der Waals surface area contributed by atoms with Gasteiger partial charge >= 0.3 is 6.09 Å². The van der Waals surface area contributed by atoms with E-state index in [-0.39, 0.29) is 12.2 Å². The molecule has 0 saturated carbocycles. The molecule has 1 heterocycles. The summed E-state index contributed by atoms with van der Waals surface area (Å²) in [5.74, 6) is 0.738.